The van der Waals surface area contributed by atoms with Crippen molar-refractivity contribution in [3.8, 4) is 11.5 Å². The van der Waals surface area contributed by atoms with Crippen LogP contribution in [0.25, 0.3) is 0 Å². The second kappa shape index (κ2) is 7.48. The van der Waals surface area contributed by atoms with Gasteiger partial charge in [0.15, 0.2) is 6.61 Å². The Balaban J connectivity index is 2.44. The van der Waals surface area contributed by atoms with Gasteiger partial charge in [-0.2, -0.15) is 0 Å². The van der Waals surface area contributed by atoms with Crippen LogP contribution in [0.1, 0.15) is 6.92 Å². The lowest BCUT2D eigenvalue weighted by Crippen LogP contribution is -2.38. The van der Waals surface area contributed by atoms with E-state index in [1.807, 2.05) is 6.92 Å². The third-order valence-electron chi connectivity index (χ3n) is 2.40. The summed E-state index contributed by atoms with van der Waals surface area (Å²) in [7, 11) is 3.12. The predicted octanol–water partition coefficient (Wildman–Crippen LogP) is 0.807. The standard InChI is InChI=1S/C13H20N2O4/c1-9(7-17-2)15-13(16)8-19-10-4-5-12(18-3)11(14)6-10/h4-6,9H,7-8,14H2,1-3H3,(H,15,16). The molecule has 1 aromatic rings. The van der Waals surface area contributed by atoms with Crippen LogP contribution in [-0.4, -0.2) is 39.4 Å². The molecule has 0 aromatic heterocycles. The van der Waals surface area contributed by atoms with Gasteiger partial charge in [0.1, 0.15) is 11.5 Å². The summed E-state index contributed by atoms with van der Waals surface area (Å²) in [6.07, 6.45) is 0. The zero-order chi connectivity index (χ0) is 14.3. The van der Waals surface area contributed by atoms with E-state index in [1.54, 1.807) is 25.3 Å². The van der Waals surface area contributed by atoms with Crippen molar-refractivity contribution in [2.45, 2.75) is 13.0 Å². The number of nitrogens with one attached hydrogen (secondary N) is 1. The van der Waals surface area contributed by atoms with Gasteiger partial charge < -0.3 is 25.3 Å². The molecule has 1 unspecified atom stereocenters. The highest BCUT2D eigenvalue weighted by atomic mass is 16.5. The van der Waals surface area contributed by atoms with E-state index in [-0.39, 0.29) is 18.6 Å². The van der Waals surface area contributed by atoms with Crippen molar-refractivity contribution in [3.63, 3.8) is 0 Å². The molecule has 6 heteroatoms. The fourth-order valence-electron chi connectivity index (χ4n) is 1.56. The summed E-state index contributed by atoms with van der Waals surface area (Å²) >= 11 is 0. The topological polar surface area (TPSA) is 82.8 Å². The molecule has 0 radical (unpaired) electrons. The fourth-order valence-corrected chi connectivity index (χ4v) is 1.56. The van der Waals surface area contributed by atoms with E-state index < -0.39 is 0 Å². The summed E-state index contributed by atoms with van der Waals surface area (Å²) in [6, 6.07) is 4.95. The summed E-state index contributed by atoms with van der Waals surface area (Å²) in [5.41, 5.74) is 6.20. The Bertz CT molecular complexity index is 423. The van der Waals surface area contributed by atoms with Crippen molar-refractivity contribution >= 4 is 11.6 Å². The molecule has 0 saturated heterocycles. The SMILES string of the molecule is COCC(C)NC(=O)COc1ccc(OC)c(N)c1. The highest BCUT2D eigenvalue weighted by Crippen LogP contribution is 2.25. The summed E-state index contributed by atoms with van der Waals surface area (Å²) in [4.78, 5) is 11.6. The number of ether oxygens (including phenoxy) is 3. The van der Waals surface area contributed by atoms with Crippen LogP contribution in [0.2, 0.25) is 0 Å². The first-order valence-electron chi connectivity index (χ1n) is 5.91. The third kappa shape index (κ3) is 5.05. The maximum Gasteiger partial charge on any atom is 0.258 e. The summed E-state index contributed by atoms with van der Waals surface area (Å²) in [5, 5.41) is 2.74. The normalized spacial score (nSPS) is 11.7. The smallest absolute Gasteiger partial charge is 0.258 e. The van der Waals surface area contributed by atoms with Gasteiger partial charge in [-0.05, 0) is 19.1 Å². The second-order valence-electron chi connectivity index (χ2n) is 4.12. The van der Waals surface area contributed by atoms with Crippen LogP contribution in [0.5, 0.6) is 11.5 Å². The van der Waals surface area contributed by atoms with Crippen LogP contribution in [0.15, 0.2) is 18.2 Å². The Hall–Kier alpha value is -1.95. The van der Waals surface area contributed by atoms with Crippen molar-refractivity contribution < 1.29 is 19.0 Å². The fraction of sp³-hybridized carbons (Fsp3) is 0.462. The average molecular weight is 268 g/mol. The summed E-state index contributed by atoms with van der Waals surface area (Å²) in [5.74, 6) is 0.886. The zero-order valence-corrected chi connectivity index (χ0v) is 11.4. The molecule has 106 valence electrons. The number of nitrogen functional groups attached to an aromatic ring is 1. The van der Waals surface area contributed by atoms with Crippen LogP contribution in [0.3, 0.4) is 0 Å². The van der Waals surface area contributed by atoms with E-state index in [9.17, 15) is 4.79 Å². The van der Waals surface area contributed by atoms with E-state index in [2.05, 4.69) is 5.32 Å². The number of hydrogen-bond acceptors (Lipinski definition) is 5. The summed E-state index contributed by atoms with van der Waals surface area (Å²) < 4.78 is 15.3. The summed E-state index contributed by atoms with van der Waals surface area (Å²) in [6.45, 7) is 2.24. The molecule has 0 fully saturated rings. The van der Waals surface area contributed by atoms with Crippen LogP contribution >= 0.6 is 0 Å². The van der Waals surface area contributed by atoms with Gasteiger partial charge in [0.05, 0.1) is 19.4 Å². The lowest BCUT2D eigenvalue weighted by molar-refractivity contribution is -0.124. The molecule has 0 bridgehead atoms. The molecule has 0 heterocycles. The Morgan fingerprint density at radius 1 is 1.42 bits per heavy atom. The number of amides is 1. The molecule has 19 heavy (non-hydrogen) atoms. The largest absolute Gasteiger partial charge is 0.495 e. The maximum absolute atomic E-state index is 11.6. The first-order valence-corrected chi connectivity index (χ1v) is 5.91. The third-order valence-corrected chi connectivity index (χ3v) is 2.40. The monoisotopic (exact) mass is 268 g/mol. The molecule has 0 aliphatic carbocycles. The van der Waals surface area contributed by atoms with Gasteiger partial charge in [-0.25, -0.2) is 0 Å². The molecule has 6 nitrogen and oxygen atoms in total. The van der Waals surface area contributed by atoms with Gasteiger partial charge in [0, 0.05) is 19.2 Å². The molecule has 1 atom stereocenters. The highest BCUT2D eigenvalue weighted by Gasteiger charge is 2.08. The Morgan fingerprint density at radius 2 is 2.16 bits per heavy atom. The number of hydrogen-bond donors (Lipinski definition) is 2. The van der Waals surface area contributed by atoms with Crippen molar-refractivity contribution in [1.82, 2.24) is 5.32 Å². The molecule has 1 rings (SSSR count). The lowest BCUT2D eigenvalue weighted by atomic mass is 10.3. The Labute approximate surface area is 112 Å². The maximum atomic E-state index is 11.6. The minimum absolute atomic E-state index is 0.0537. The number of carbonyl (C=O) groups excluding carboxylic acids is 1. The van der Waals surface area contributed by atoms with E-state index in [0.29, 0.717) is 23.8 Å². The Kier molecular flexibility index (Phi) is 5.95. The first kappa shape index (κ1) is 15.1. The Morgan fingerprint density at radius 3 is 2.74 bits per heavy atom. The van der Waals surface area contributed by atoms with Crippen molar-refractivity contribution in [3.05, 3.63) is 18.2 Å². The van der Waals surface area contributed by atoms with Crippen LogP contribution in [0, 0.1) is 0 Å². The number of anilines is 1. The van der Waals surface area contributed by atoms with E-state index in [1.165, 1.54) is 7.11 Å². The quantitative estimate of drug-likeness (QED) is 0.715. The lowest BCUT2D eigenvalue weighted by Gasteiger charge is -2.13. The van der Waals surface area contributed by atoms with Crippen molar-refractivity contribution in [1.29, 1.82) is 0 Å². The van der Waals surface area contributed by atoms with Gasteiger partial charge in [-0.15, -0.1) is 0 Å². The number of nitrogens with two attached hydrogens (primary N) is 1. The molecular formula is C13H20N2O4. The second-order valence-corrected chi connectivity index (χ2v) is 4.12. The van der Waals surface area contributed by atoms with E-state index in [4.69, 9.17) is 19.9 Å². The molecule has 0 spiro atoms. The minimum atomic E-state index is -0.209. The van der Waals surface area contributed by atoms with Gasteiger partial charge in [-0.3, -0.25) is 4.79 Å². The molecule has 3 N–H and O–H groups in total. The van der Waals surface area contributed by atoms with Gasteiger partial charge in [0.2, 0.25) is 0 Å². The number of carbonyl (C=O) groups is 1. The molecular weight excluding hydrogens is 248 g/mol. The molecule has 0 aliphatic rings. The number of rotatable bonds is 7. The zero-order valence-electron chi connectivity index (χ0n) is 11.4. The molecule has 0 saturated carbocycles. The average Bonchev–Trinajstić information content (AvgIpc) is 2.36. The molecule has 1 aromatic carbocycles. The number of methoxy groups -OCH3 is 2. The van der Waals surface area contributed by atoms with Gasteiger partial charge in [0.25, 0.3) is 5.91 Å². The van der Waals surface area contributed by atoms with Crippen LogP contribution in [0.4, 0.5) is 5.69 Å². The van der Waals surface area contributed by atoms with E-state index in [0.717, 1.165) is 0 Å². The van der Waals surface area contributed by atoms with E-state index >= 15 is 0 Å². The number of benzene rings is 1. The van der Waals surface area contributed by atoms with Crippen molar-refractivity contribution in [2.24, 2.45) is 0 Å². The highest BCUT2D eigenvalue weighted by molar-refractivity contribution is 5.77. The molecule has 1 amide bonds. The minimum Gasteiger partial charge on any atom is -0.495 e. The van der Waals surface area contributed by atoms with Gasteiger partial charge >= 0.3 is 0 Å². The predicted molar refractivity (Wildman–Crippen MR) is 72.4 cm³/mol. The van der Waals surface area contributed by atoms with Crippen LogP contribution < -0.4 is 20.5 Å². The van der Waals surface area contributed by atoms with Gasteiger partial charge in [-0.1, -0.05) is 0 Å². The molecule has 0 aliphatic heterocycles. The van der Waals surface area contributed by atoms with Crippen LogP contribution in [-0.2, 0) is 9.53 Å². The van der Waals surface area contributed by atoms with Crippen molar-refractivity contribution in [2.75, 3.05) is 33.2 Å². The first-order chi connectivity index (χ1) is 9.06.